The maximum absolute atomic E-state index is 11.2. The number of carbonyl (C=O) groups excluding carboxylic acids is 1. The van der Waals surface area contributed by atoms with Crippen LogP contribution in [0.1, 0.15) is 5.69 Å². The lowest BCUT2D eigenvalue weighted by molar-refractivity contribution is -0.142. The van der Waals surface area contributed by atoms with Gasteiger partial charge in [-0.2, -0.15) is 5.10 Å². The van der Waals surface area contributed by atoms with Gasteiger partial charge in [0.05, 0.1) is 12.6 Å². The van der Waals surface area contributed by atoms with Gasteiger partial charge in [0.2, 0.25) is 0 Å². The Morgan fingerprint density at radius 3 is 3.06 bits per heavy atom. The summed E-state index contributed by atoms with van der Waals surface area (Å²) in [5, 5.41) is 8.00. The molecule has 3 N–H and O–H groups in total. The van der Waals surface area contributed by atoms with E-state index in [2.05, 4.69) is 14.9 Å². The number of aromatic amines is 1. The van der Waals surface area contributed by atoms with Crippen LogP contribution in [0.15, 0.2) is 24.3 Å². The molecule has 5 heteroatoms. The molecule has 0 fully saturated rings. The highest BCUT2D eigenvalue weighted by molar-refractivity contribution is 5.82. The van der Waals surface area contributed by atoms with Crippen LogP contribution in [0.2, 0.25) is 0 Å². The highest BCUT2D eigenvalue weighted by Gasteiger charge is 2.16. The summed E-state index contributed by atoms with van der Waals surface area (Å²) in [5.41, 5.74) is 7.41. The zero-order valence-corrected chi connectivity index (χ0v) is 8.93. The van der Waals surface area contributed by atoms with Crippen LogP contribution < -0.4 is 5.73 Å². The summed E-state index contributed by atoms with van der Waals surface area (Å²) in [4.78, 5) is 11.2. The normalized spacial score (nSPS) is 12.6. The molecule has 1 aromatic heterocycles. The number of methoxy groups -OCH3 is 1. The molecule has 0 bridgehead atoms. The van der Waals surface area contributed by atoms with Gasteiger partial charge in [-0.3, -0.25) is 9.89 Å². The fourth-order valence-corrected chi connectivity index (χ4v) is 1.62. The lowest BCUT2D eigenvalue weighted by Gasteiger charge is -2.07. The molecule has 1 heterocycles. The number of para-hydroxylation sites is 1. The first-order chi connectivity index (χ1) is 7.72. The third kappa shape index (κ3) is 1.90. The molecular weight excluding hydrogens is 206 g/mol. The van der Waals surface area contributed by atoms with E-state index in [0.717, 1.165) is 16.6 Å². The van der Waals surface area contributed by atoms with Crippen molar-refractivity contribution in [2.75, 3.05) is 7.11 Å². The van der Waals surface area contributed by atoms with Crippen LogP contribution in [0, 0.1) is 0 Å². The summed E-state index contributed by atoms with van der Waals surface area (Å²) in [6.45, 7) is 0. The Morgan fingerprint density at radius 1 is 1.56 bits per heavy atom. The number of hydrogen-bond donors (Lipinski definition) is 2. The fourth-order valence-electron chi connectivity index (χ4n) is 1.62. The quantitative estimate of drug-likeness (QED) is 0.741. The largest absolute Gasteiger partial charge is 0.468 e. The number of H-pyrrole nitrogens is 1. The van der Waals surface area contributed by atoms with Crippen molar-refractivity contribution in [1.82, 2.24) is 10.2 Å². The topological polar surface area (TPSA) is 81.0 Å². The van der Waals surface area contributed by atoms with E-state index in [1.807, 2.05) is 24.3 Å². The number of benzene rings is 1. The molecule has 2 rings (SSSR count). The van der Waals surface area contributed by atoms with Crippen molar-refractivity contribution in [2.24, 2.45) is 5.73 Å². The van der Waals surface area contributed by atoms with E-state index in [4.69, 9.17) is 5.73 Å². The summed E-state index contributed by atoms with van der Waals surface area (Å²) < 4.78 is 4.57. The molecule has 16 heavy (non-hydrogen) atoms. The minimum atomic E-state index is -0.658. The van der Waals surface area contributed by atoms with Crippen LogP contribution in [0.25, 0.3) is 10.9 Å². The third-order valence-electron chi connectivity index (χ3n) is 2.47. The molecule has 0 unspecified atom stereocenters. The summed E-state index contributed by atoms with van der Waals surface area (Å²) in [6.07, 6.45) is 0.396. The molecule has 0 radical (unpaired) electrons. The number of fused-ring (bicyclic) bond motifs is 1. The van der Waals surface area contributed by atoms with Gasteiger partial charge in [-0.1, -0.05) is 18.2 Å². The Morgan fingerprint density at radius 2 is 2.31 bits per heavy atom. The van der Waals surface area contributed by atoms with E-state index in [1.54, 1.807) is 0 Å². The van der Waals surface area contributed by atoms with Gasteiger partial charge in [0.15, 0.2) is 0 Å². The number of esters is 1. The first-order valence-corrected chi connectivity index (χ1v) is 4.97. The summed E-state index contributed by atoms with van der Waals surface area (Å²) in [7, 11) is 1.33. The average molecular weight is 219 g/mol. The second-order valence-electron chi connectivity index (χ2n) is 3.55. The molecule has 0 aliphatic carbocycles. The van der Waals surface area contributed by atoms with Crippen LogP contribution in [-0.4, -0.2) is 29.3 Å². The Labute approximate surface area is 92.6 Å². The lowest BCUT2D eigenvalue weighted by Crippen LogP contribution is -2.33. The molecule has 2 aromatic rings. The molecule has 0 spiro atoms. The van der Waals surface area contributed by atoms with Crippen molar-refractivity contribution in [3.63, 3.8) is 0 Å². The van der Waals surface area contributed by atoms with Crippen LogP contribution in [0.4, 0.5) is 0 Å². The molecule has 1 atom stereocenters. The van der Waals surface area contributed by atoms with E-state index < -0.39 is 12.0 Å². The number of nitrogens with zero attached hydrogens (tertiary/aromatic N) is 1. The van der Waals surface area contributed by atoms with E-state index in [1.165, 1.54) is 7.11 Å². The zero-order chi connectivity index (χ0) is 11.5. The predicted octanol–water partition coefficient (Wildman–Crippen LogP) is 0.606. The smallest absolute Gasteiger partial charge is 0.323 e. The van der Waals surface area contributed by atoms with Gasteiger partial charge < -0.3 is 10.5 Å². The minimum Gasteiger partial charge on any atom is -0.468 e. The Balaban J connectivity index is 2.24. The zero-order valence-electron chi connectivity index (χ0n) is 8.93. The van der Waals surface area contributed by atoms with Gasteiger partial charge in [-0.15, -0.1) is 0 Å². The Bertz CT molecular complexity index is 507. The maximum atomic E-state index is 11.2. The Hall–Kier alpha value is -1.88. The van der Waals surface area contributed by atoms with Gasteiger partial charge >= 0.3 is 5.97 Å². The van der Waals surface area contributed by atoms with Crippen LogP contribution in [-0.2, 0) is 16.0 Å². The number of ether oxygens (including phenoxy) is 1. The van der Waals surface area contributed by atoms with E-state index >= 15 is 0 Å². The van der Waals surface area contributed by atoms with Crippen molar-refractivity contribution in [2.45, 2.75) is 12.5 Å². The molecule has 0 aliphatic rings. The Kier molecular flexibility index (Phi) is 2.87. The molecule has 84 valence electrons. The summed E-state index contributed by atoms with van der Waals surface area (Å²) >= 11 is 0. The first-order valence-electron chi connectivity index (χ1n) is 4.97. The second kappa shape index (κ2) is 4.32. The van der Waals surface area contributed by atoms with Gasteiger partial charge in [-0.05, 0) is 6.07 Å². The number of nitrogens with two attached hydrogens (primary N) is 1. The number of hydrogen-bond acceptors (Lipinski definition) is 4. The lowest BCUT2D eigenvalue weighted by atomic mass is 10.1. The molecule has 1 aromatic carbocycles. The maximum Gasteiger partial charge on any atom is 0.323 e. The molecular formula is C11H13N3O2. The molecule has 0 amide bonds. The predicted molar refractivity (Wildman–Crippen MR) is 59.8 cm³/mol. The fraction of sp³-hybridized carbons (Fsp3) is 0.273. The monoisotopic (exact) mass is 219 g/mol. The van der Waals surface area contributed by atoms with Crippen molar-refractivity contribution >= 4 is 16.9 Å². The number of nitrogens with one attached hydrogen (secondary N) is 1. The van der Waals surface area contributed by atoms with Crippen LogP contribution >= 0.6 is 0 Å². The van der Waals surface area contributed by atoms with Gasteiger partial charge in [0, 0.05) is 17.5 Å². The second-order valence-corrected chi connectivity index (χ2v) is 3.55. The molecule has 0 saturated heterocycles. The van der Waals surface area contributed by atoms with Gasteiger partial charge in [0.25, 0.3) is 0 Å². The highest BCUT2D eigenvalue weighted by Crippen LogP contribution is 2.16. The molecule has 0 saturated carbocycles. The minimum absolute atomic E-state index is 0.396. The first kappa shape index (κ1) is 10.6. The number of carbonyl (C=O) groups is 1. The number of aromatic nitrogens is 2. The van der Waals surface area contributed by atoms with Gasteiger partial charge in [-0.25, -0.2) is 0 Å². The van der Waals surface area contributed by atoms with Crippen LogP contribution in [0.5, 0.6) is 0 Å². The molecule has 0 aliphatic heterocycles. The van der Waals surface area contributed by atoms with E-state index in [-0.39, 0.29) is 0 Å². The van der Waals surface area contributed by atoms with Crippen molar-refractivity contribution < 1.29 is 9.53 Å². The SMILES string of the molecule is COC(=O)[C@@H](N)Cc1[nH]nc2ccccc12. The third-order valence-corrected chi connectivity index (χ3v) is 2.47. The van der Waals surface area contributed by atoms with E-state index in [0.29, 0.717) is 6.42 Å². The summed E-state index contributed by atoms with van der Waals surface area (Å²) in [5.74, 6) is -0.418. The standard InChI is InChI=1S/C11H13N3O2/c1-16-11(15)8(12)6-10-7-4-2-3-5-9(7)13-14-10/h2-5,8H,6,12H2,1H3,(H,13,14)/t8-/m0/s1. The van der Waals surface area contributed by atoms with Crippen molar-refractivity contribution in [1.29, 1.82) is 0 Å². The molecule has 5 nitrogen and oxygen atoms in total. The van der Waals surface area contributed by atoms with Crippen LogP contribution in [0.3, 0.4) is 0 Å². The van der Waals surface area contributed by atoms with Crippen molar-refractivity contribution in [3.05, 3.63) is 30.0 Å². The average Bonchev–Trinajstić information content (AvgIpc) is 2.72. The van der Waals surface area contributed by atoms with E-state index in [9.17, 15) is 4.79 Å². The number of rotatable bonds is 3. The highest BCUT2D eigenvalue weighted by atomic mass is 16.5. The summed E-state index contributed by atoms with van der Waals surface area (Å²) in [6, 6.07) is 7.02. The van der Waals surface area contributed by atoms with Gasteiger partial charge in [0.1, 0.15) is 6.04 Å². The van der Waals surface area contributed by atoms with Crippen molar-refractivity contribution in [3.8, 4) is 0 Å².